The van der Waals surface area contributed by atoms with Crippen LogP contribution in [0.2, 0.25) is 0 Å². The molecule has 0 amide bonds. The van der Waals surface area contributed by atoms with Gasteiger partial charge in [-0.3, -0.25) is 0 Å². The van der Waals surface area contributed by atoms with Crippen molar-refractivity contribution in [3.05, 3.63) is 60.3 Å². The van der Waals surface area contributed by atoms with E-state index in [4.69, 9.17) is 9.84 Å². The minimum Gasteiger partial charge on any atom is -0.490 e. The van der Waals surface area contributed by atoms with Crippen molar-refractivity contribution in [2.45, 2.75) is 19.8 Å². The fraction of sp³-hybridized carbons (Fsp3) is 0.364. The monoisotopic (exact) mass is 388 g/mol. The number of nitrogens with zero attached hydrogens (tertiary/aromatic N) is 2. The van der Waals surface area contributed by atoms with Crippen molar-refractivity contribution < 1.29 is 18.6 Å². The number of benzene rings is 2. The maximum atomic E-state index is 14.5. The predicted octanol–water partition coefficient (Wildman–Crippen LogP) is 4.38. The predicted molar refractivity (Wildman–Crippen MR) is 107 cm³/mol. The first-order valence-electron chi connectivity index (χ1n) is 9.65. The van der Waals surface area contributed by atoms with Gasteiger partial charge in [0.05, 0.1) is 18.7 Å². The van der Waals surface area contributed by atoms with Crippen LogP contribution >= 0.6 is 0 Å². The Hall–Kier alpha value is -2.44. The Balaban J connectivity index is 1.62. The van der Waals surface area contributed by atoms with Crippen LogP contribution in [-0.4, -0.2) is 47.4 Å². The van der Waals surface area contributed by atoms with Crippen LogP contribution in [0, 0.1) is 11.6 Å². The van der Waals surface area contributed by atoms with Crippen LogP contribution in [0.4, 0.5) is 8.78 Å². The number of fused-ring (bicyclic) bond motifs is 1. The lowest BCUT2D eigenvalue weighted by Gasteiger charge is -2.18. The summed E-state index contributed by atoms with van der Waals surface area (Å²) in [5.41, 5.74) is 1.48. The van der Waals surface area contributed by atoms with Crippen molar-refractivity contribution in [3.8, 4) is 11.4 Å². The molecule has 0 aliphatic carbocycles. The molecule has 150 valence electrons. The van der Waals surface area contributed by atoms with Crippen molar-refractivity contribution in [3.63, 3.8) is 0 Å². The average Bonchev–Trinajstić information content (AvgIpc) is 3.10. The molecule has 0 spiro atoms. The van der Waals surface area contributed by atoms with Gasteiger partial charge in [0.15, 0.2) is 11.6 Å². The summed E-state index contributed by atoms with van der Waals surface area (Å²) >= 11 is 0. The Bertz CT molecular complexity index is 893. The zero-order valence-electron chi connectivity index (χ0n) is 16.1. The van der Waals surface area contributed by atoms with Gasteiger partial charge in [-0.25, -0.2) is 8.78 Å². The topological polar surface area (TPSA) is 37.6 Å². The number of unbranched alkanes of at least 4 members (excludes halogenated alkanes) is 1. The van der Waals surface area contributed by atoms with Crippen LogP contribution in [0.3, 0.4) is 0 Å². The molecule has 1 N–H and O–H groups in total. The molecule has 0 fully saturated rings. The van der Waals surface area contributed by atoms with Gasteiger partial charge >= 0.3 is 0 Å². The Morgan fingerprint density at radius 3 is 2.54 bits per heavy atom. The highest BCUT2D eigenvalue weighted by Gasteiger charge is 2.11. The van der Waals surface area contributed by atoms with Gasteiger partial charge in [0.2, 0.25) is 0 Å². The quantitative estimate of drug-likeness (QED) is 0.524. The lowest BCUT2D eigenvalue weighted by atomic mass is 10.2. The van der Waals surface area contributed by atoms with E-state index in [0.29, 0.717) is 18.7 Å². The minimum atomic E-state index is -0.412. The normalized spacial score (nSPS) is 11.5. The van der Waals surface area contributed by atoms with E-state index < -0.39 is 5.82 Å². The maximum Gasteiger partial charge on any atom is 0.167 e. The highest BCUT2D eigenvalue weighted by atomic mass is 19.1. The summed E-state index contributed by atoms with van der Waals surface area (Å²) < 4.78 is 35.1. The summed E-state index contributed by atoms with van der Waals surface area (Å²) in [7, 11) is 0. The molecule has 0 aliphatic rings. The van der Waals surface area contributed by atoms with E-state index in [-0.39, 0.29) is 18.2 Å². The fourth-order valence-electron chi connectivity index (χ4n) is 3.26. The van der Waals surface area contributed by atoms with Gasteiger partial charge in [0.1, 0.15) is 5.82 Å². The zero-order chi connectivity index (χ0) is 19.9. The summed E-state index contributed by atoms with van der Waals surface area (Å²) in [5.74, 6) is -0.474. The first-order chi connectivity index (χ1) is 13.6. The van der Waals surface area contributed by atoms with Gasteiger partial charge in [0.25, 0.3) is 0 Å². The van der Waals surface area contributed by atoms with E-state index in [1.807, 2.05) is 16.8 Å². The Morgan fingerprint density at radius 1 is 1.04 bits per heavy atom. The number of aliphatic hydroxyl groups excluding tert-OH is 1. The molecule has 1 heterocycles. The third-order valence-electron chi connectivity index (χ3n) is 4.84. The van der Waals surface area contributed by atoms with Crippen molar-refractivity contribution in [1.29, 1.82) is 0 Å². The van der Waals surface area contributed by atoms with E-state index in [1.165, 1.54) is 18.2 Å². The van der Waals surface area contributed by atoms with Gasteiger partial charge in [-0.2, -0.15) is 0 Å². The highest BCUT2D eigenvalue weighted by molar-refractivity contribution is 5.83. The van der Waals surface area contributed by atoms with Crippen LogP contribution in [0.25, 0.3) is 16.6 Å². The fourth-order valence-corrected chi connectivity index (χ4v) is 3.26. The molecule has 4 nitrogen and oxygen atoms in total. The molecule has 0 unspecified atom stereocenters. The molecule has 0 bridgehead atoms. The average molecular weight is 388 g/mol. The van der Waals surface area contributed by atoms with Crippen molar-refractivity contribution in [1.82, 2.24) is 9.47 Å². The van der Waals surface area contributed by atoms with Gasteiger partial charge in [-0.15, -0.1) is 0 Å². The number of hydrogen-bond donors (Lipinski definition) is 1. The number of hydrogen-bond acceptors (Lipinski definition) is 3. The van der Waals surface area contributed by atoms with Crippen molar-refractivity contribution in [2.75, 3.05) is 32.8 Å². The molecule has 28 heavy (non-hydrogen) atoms. The Kier molecular flexibility index (Phi) is 7.01. The van der Waals surface area contributed by atoms with Crippen molar-refractivity contribution in [2.24, 2.45) is 0 Å². The lowest BCUT2D eigenvalue weighted by molar-refractivity contribution is 0.195. The molecule has 0 aliphatic heterocycles. The molecule has 0 radical (unpaired) electrons. The van der Waals surface area contributed by atoms with Gasteiger partial charge in [-0.05, 0) is 62.3 Å². The first-order valence-corrected chi connectivity index (χ1v) is 9.65. The highest BCUT2D eigenvalue weighted by Crippen LogP contribution is 2.28. The molecule has 3 rings (SSSR count). The lowest BCUT2D eigenvalue weighted by Crippen LogP contribution is -2.27. The van der Waals surface area contributed by atoms with Crippen LogP contribution in [0.1, 0.15) is 19.8 Å². The number of likely N-dealkylation sites (N-methyl/N-ethyl adjacent to an activating group) is 1. The molecule has 3 aromatic rings. The maximum absolute atomic E-state index is 14.5. The summed E-state index contributed by atoms with van der Waals surface area (Å²) in [6.45, 7) is 5.13. The van der Waals surface area contributed by atoms with Crippen LogP contribution < -0.4 is 4.74 Å². The molecule has 0 saturated heterocycles. The minimum absolute atomic E-state index is 0.160. The largest absolute Gasteiger partial charge is 0.490 e. The second-order valence-electron chi connectivity index (χ2n) is 6.72. The Morgan fingerprint density at radius 2 is 1.82 bits per heavy atom. The third-order valence-corrected chi connectivity index (χ3v) is 4.84. The number of aliphatic hydroxyl groups is 1. The Labute approximate surface area is 164 Å². The third kappa shape index (κ3) is 4.88. The van der Waals surface area contributed by atoms with Gasteiger partial charge in [-0.1, -0.05) is 6.92 Å². The van der Waals surface area contributed by atoms with E-state index in [9.17, 15) is 8.78 Å². The molecular weight excluding hydrogens is 362 g/mol. The van der Waals surface area contributed by atoms with E-state index in [2.05, 4.69) is 11.8 Å². The second kappa shape index (κ2) is 9.66. The summed E-state index contributed by atoms with van der Waals surface area (Å²) in [4.78, 5) is 2.17. The molecule has 1 aromatic heterocycles. The first kappa shape index (κ1) is 20.3. The number of aromatic nitrogens is 1. The molecule has 0 atom stereocenters. The SMILES string of the molecule is CCN(CCO)CCCCOc1cc2ccn(-c3ccc(F)cc3)c2cc1F. The molecule has 6 heteroatoms. The van der Waals surface area contributed by atoms with E-state index in [1.54, 1.807) is 18.2 Å². The van der Waals surface area contributed by atoms with Gasteiger partial charge < -0.3 is 19.3 Å². The molecule has 0 saturated carbocycles. The molecular formula is C22H26F2N2O2. The zero-order valence-corrected chi connectivity index (χ0v) is 16.1. The van der Waals surface area contributed by atoms with Crippen LogP contribution in [0.5, 0.6) is 5.75 Å². The number of halogens is 2. The van der Waals surface area contributed by atoms with E-state index in [0.717, 1.165) is 37.0 Å². The molecule has 2 aromatic carbocycles. The summed E-state index contributed by atoms with van der Waals surface area (Å²) in [5, 5.41) is 9.86. The summed E-state index contributed by atoms with van der Waals surface area (Å²) in [6.07, 6.45) is 3.58. The van der Waals surface area contributed by atoms with Crippen molar-refractivity contribution >= 4 is 10.9 Å². The smallest absolute Gasteiger partial charge is 0.167 e. The number of rotatable bonds is 10. The summed E-state index contributed by atoms with van der Waals surface area (Å²) in [6, 6.07) is 11.1. The van der Waals surface area contributed by atoms with Crippen LogP contribution in [-0.2, 0) is 0 Å². The number of ether oxygens (including phenoxy) is 1. The standard InChI is InChI=1S/C22H26F2N2O2/c1-2-25(12-13-27)10-3-4-14-28-22-15-17-9-11-26(21(17)16-20(22)24)19-7-5-18(23)6-8-19/h5-9,11,15-16,27H,2-4,10,12-14H2,1H3. The van der Waals surface area contributed by atoms with E-state index >= 15 is 0 Å². The van der Waals surface area contributed by atoms with Crippen LogP contribution in [0.15, 0.2) is 48.7 Å². The second-order valence-corrected chi connectivity index (χ2v) is 6.72. The van der Waals surface area contributed by atoms with Gasteiger partial charge in [0, 0.05) is 29.9 Å².